The highest BCUT2D eigenvalue weighted by atomic mass is 35.5. The molecule has 0 aliphatic rings. The zero-order valence-electron chi connectivity index (χ0n) is 7.01. The van der Waals surface area contributed by atoms with Gasteiger partial charge in [-0.1, -0.05) is 36.3 Å². The molecule has 1 rings (SSSR count). The Kier molecular flexibility index (Phi) is 5.42. The predicted octanol–water partition coefficient (Wildman–Crippen LogP) is 2.41. The Morgan fingerprint density at radius 3 is 2.46 bits per heavy atom. The van der Waals surface area contributed by atoms with E-state index >= 15 is 0 Å². The normalized spacial score (nSPS) is 10.4. The summed E-state index contributed by atoms with van der Waals surface area (Å²) in [6.45, 7) is 3.21. The standard InChI is InChI=1S/C10H9NO.ClH/c1-3-10(12-11-2)9-7-5-4-6-8-9;/h1,4-8,10H,2H2;1H/t10-;/m0./s1. The van der Waals surface area contributed by atoms with Gasteiger partial charge >= 0.3 is 0 Å². The molecule has 0 spiro atoms. The summed E-state index contributed by atoms with van der Waals surface area (Å²) in [5.74, 6) is 2.46. The number of halogens is 1. The number of nitrogens with zero attached hydrogens (tertiary/aromatic N) is 1. The van der Waals surface area contributed by atoms with Gasteiger partial charge < -0.3 is 4.84 Å². The molecule has 3 heteroatoms. The fraction of sp³-hybridized carbons (Fsp3) is 0.100. The summed E-state index contributed by atoms with van der Waals surface area (Å²) in [7, 11) is 0. The Balaban J connectivity index is 0.00000144. The maximum Gasteiger partial charge on any atom is 0.212 e. The highest BCUT2D eigenvalue weighted by Crippen LogP contribution is 2.15. The van der Waals surface area contributed by atoms with Crippen molar-refractivity contribution in [1.82, 2.24) is 0 Å². The summed E-state index contributed by atoms with van der Waals surface area (Å²) < 4.78 is 0. The number of oxime groups is 1. The minimum absolute atomic E-state index is 0. The van der Waals surface area contributed by atoms with E-state index in [1.165, 1.54) is 0 Å². The average Bonchev–Trinajstić information content (AvgIpc) is 2.15. The van der Waals surface area contributed by atoms with Crippen LogP contribution in [0.1, 0.15) is 11.7 Å². The molecule has 0 saturated heterocycles. The Hall–Kier alpha value is -1.46. The van der Waals surface area contributed by atoms with Gasteiger partial charge in [0.1, 0.15) is 0 Å². The van der Waals surface area contributed by atoms with Gasteiger partial charge in [0.05, 0.1) is 0 Å². The number of rotatable bonds is 3. The predicted molar refractivity (Wildman–Crippen MR) is 55.9 cm³/mol. The van der Waals surface area contributed by atoms with Crippen molar-refractivity contribution in [3.63, 3.8) is 0 Å². The Bertz CT molecular complexity index is 292. The lowest BCUT2D eigenvalue weighted by atomic mass is 10.1. The van der Waals surface area contributed by atoms with E-state index in [0.717, 1.165) is 5.56 Å². The van der Waals surface area contributed by atoms with Crippen LogP contribution in [-0.4, -0.2) is 6.72 Å². The molecule has 68 valence electrons. The van der Waals surface area contributed by atoms with Crippen molar-refractivity contribution in [3.8, 4) is 12.3 Å². The largest absolute Gasteiger partial charge is 0.375 e. The fourth-order valence-corrected chi connectivity index (χ4v) is 0.890. The third kappa shape index (κ3) is 3.18. The zero-order chi connectivity index (χ0) is 8.81. The molecule has 0 bridgehead atoms. The fourth-order valence-electron chi connectivity index (χ4n) is 0.890. The number of hydrogen-bond donors (Lipinski definition) is 0. The maximum absolute atomic E-state index is 5.23. The van der Waals surface area contributed by atoms with Gasteiger partial charge in [-0.15, -0.1) is 24.0 Å². The molecule has 0 aliphatic carbocycles. The third-order valence-electron chi connectivity index (χ3n) is 1.43. The molecular formula is C10H10ClNO. The SMILES string of the molecule is C#C[C@H](ON=C)c1ccccc1.Cl. The Morgan fingerprint density at radius 2 is 2.00 bits per heavy atom. The Morgan fingerprint density at radius 1 is 1.38 bits per heavy atom. The first kappa shape index (κ1) is 11.5. The lowest BCUT2D eigenvalue weighted by Crippen LogP contribution is -1.96. The Labute approximate surface area is 84.0 Å². The lowest BCUT2D eigenvalue weighted by Gasteiger charge is -2.07. The van der Waals surface area contributed by atoms with Gasteiger partial charge in [0.25, 0.3) is 0 Å². The number of hydrogen-bond acceptors (Lipinski definition) is 2. The van der Waals surface area contributed by atoms with Gasteiger partial charge in [0, 0.05) is 12.3 Å². The molecular weight excluding hydrogens is 186 g/mol. The van der Waals surface area contributed by atoms with Crippen molar-refractivity contribution in [2.45, 2.75) is 6.10 Å². The van der Waals surface area contributed by atoms with E-state index < -0.39 is 6.10 Å². The van der Waals surface area contributed by atoms with Crippen LogP contribution in [0.2, 0.25) is 0 Å². The topological polar surface area (TPSA) is 21.6 Å². The molecule has 0 radical (unpaired) electrons. The molecule has 13 heavy (non-hydrogen) atoms. The monoisotopic (exact) mass is 195 g/mol. The second kappa shape index (κ2) is 6.10. The van der Waals surface area contributed by atoms with Crippen molar-refractivity contribution >= 4 is 19.1 Å². The molecule has 1 aromatic carbocycles. The third-order valence-corrected chi connectivity index (χ3v) is 1.43. The van der Waals surface area contributed by atoms with Gasteiger partial charge in [0.2, 0.25) is 6.10 Å². The van der Waals surface area contributed by atoms with E-state index in [0.29, 0.717) is 0 Å². The van der Waals surface area contributed by atoms with Gasteiger partial charge in [-0.3, -0.25) is 0 Å². The minimum Gasteiger partial charge on any atom is -0.375 e. The molecule has 1 aromatic rings. The number of benzene rings is 1. The van der Waals surface area contributed by atoms with Crippen molar-refractivity contribution in [2.75, 3.05) is 0 Å². The summed E-state index contributed by atoms with van der Waals surface area (Å²) >= 11 is 0. The zero-order valence-corrected chi connectivity index (χ0v) is 7.83. The molecule has 1 atom stereocenters. The van der Waals surface area contributed by atoms with Gasteiger partial charge in [-0.25, -0.2) is 0 Å². The molecule has 0 heterocycles. The first-order valence-electron chi connectivity index (χ1n) is 3.51. The number of terminal acetylenes is 1. The lowest BCUT2D eigenvalue weighted by molar-refractivity contribution is 0.102. The minimum atomic E-state index is -0.427. The van der Waals surface area contributed by atoms with Crippen molar-refractivity contribution in [2.24, 2.45) is 5.16 Å². The van der Waals surface area contributed by atoms with Crippen LogP contribution >= 0.6 is 12.4 Å². The molecule has 0 aromatic heterocycles. The molecule has 0 unspecified atom stereocenters. The second-order valence-corrected chi connectivity index (χ2v) is 2.19. The van der Waals surface area contributed by atoms with Crippen molar-refractivity contribution in [3.05, 3.63) is 35.9 Å². The van der Waals surface area contributed by atoms with E-state index in [-0.39, 0.29) is 12.4 Å². The summed E-state index contributed by atoms with van der Waals surface area (Å²) in [6, 6.07) is 9.47. The van der Waals surface area contributed by atoms with Crippen LogP contribution in [0.25, 0.3) is 0 Å². The maximum atomic E-state index is 5.23. The molecule has 0 saturated carbocycles. The van der Waals surface area contributed by atoms with Crippen LogP contribution < -0.4 is 0 Å². The average molecular weight is 196 g/mol. The highest BCUT2D eigenvalue weighted by molar-refractivity contribution is 5.85. The van der Waals surface area contributed by atoms with Crippen LogP contribution in [0.5, 0.6) is 0 Å². The molecule has 0 N–H and O–H groups in total. The van der Waals surface area contributed by atoms with E-state index in [4.69, 9.17) is 11.3 Å². The van der Waals surface area contributed by atoms with Gasteiger partial charge in [0.15, 0.2) is 0 Å². The molecule has 0 aliphatic heterocycles. The quantitative estimate of drug-likeness (QED) is 0.412. The first-order chi connectivity index (χ1) is 5.88. The van der Waals surface area contributed by atoms with Crippen LogP contribution in [0.15, 0.2) is 35.5 Å². The van der Waals surface area contributed by atoms with E-state index in [9.17, 15) is 0 Å². The van der Waals surface area contributed by atoms with Gasteiger partial charge in [-0.2, -0.15) is 0 Å². The van der Waals surface area contributed by atoms with Crippen LogP contribution in [0.4, 0.5) is 0 Å². The summed E-state index contributed by atoms with van der Waals surface area (Å²) in [4.78, 5) is 4.85. The van der Waals surface area contributed by atoms with Crippen LogP contribution in [0.3, 0.4) is 0 Å². The summed E-state index contributed by atoms with van der Waals surface area (Å²) in [5.41, 5.74) is 0.910. The summed E-state index contributed by atoms with van der Waals surface area (Å²) in [6.07, 6.45) is 4.80. The molecule has 0 fully saturated rings. The second-order valence-electron chi connectivity index (χ2n) is 2.19. The smallest absolute Gasteiger partial charge is 0.212 e. The van der Waals surface area contributed by atoms with E-state index in [2.05, 4.69) is 17.8 Å². The summed E-state index contributed by atoms with van der Waals surface area (Å²) in [5, 5.41) is 3.29. The van der Waals surface area contributed by atoms with Crippen molar-refractivity contribution in [1.29, 1.82) is 0 Å². The van der Waals surface area contributed by atoms with Crippen LogP contribution in [0, 0.1) is 12.3 Å². The van der Waals surface area contributed by atoms with Crippen molar-refractivity contribution < 1.29 is 4.84 Å². The van der Waals surface area contributed by atoms with E-state index in [1.807, 2.05) is 30.3 Å². The molecule has 0 amide bonds. The van der Waals surface area contributed by atoms with E-state index in [1.54, 1.807) is 0 Å². The first-order valence-corrected chi connectivity index (χ1v) is 3.51. The van der Waals surface area contributed by atoms with Gasteiger partial charge in [-0.05, 0) is 0 Å². The highest BCUT2D eigenvalue weighted by Gasteiger charge is 2.06. The molecule has 2 nitrogen and oxygen atoms in total. The van der Waals surface area contributed by atoms with Crippen LogP contribution in [-0.2, 0) is 4.84 Å².